The van der Waals surface area contributed by atoms with Crippen molar-refractivity contribution < 1.29 is 24.9 Å². The quantitative estimate of drug-likeness (QED) is 0.413. The molecule has 1 saturated heterocycles. The lowest BCUT2D eigenvalue weighted by molar-refractivity contribution is -0.193. The Hall–Kier alpha value is -0.650. The fourth-order valence-corrected chi connectivity index (χ4v) is 1.17. The van der Waals surface area contributed by atoms with Gasteiger partial charge in [0.15, 0.2) is 12.2 Å². The van der Waals surface area contributed by atoms with Crippen LogP contribution in [0.2, 0.25) is 0 Å². The molecule has 1 fully saturated rings. The van der Waals surface area contributed by atoms with Gasteiger partial charge in [0, 0.05) is 5.92 Å². The van der Waals surface area contributed by atoms with E-state index in [1.165, 1.54) is 6.92 Å². The number of carbonyl (C=O) groups excluding carboxylic acids is 1. The molecule has 0 bridgehead atoms. The average Bonchev–Trinajstić information content (AvgIpc) is 2.08. The number of cyclic esters (lactones) is 1. The molecule has 0 radical (unpaired) electrons. The standard InChI is InChI=1S/C7H12O5/c1-3-5(9)4(2-8)12-7(11)6(3)10/h3-6,8-10H,2H2,1H3/t3?,4?,5-,6?/m0/s1. The molecule has 0 aromatic rings. The summed E-state index contributed by atoms with van der Waals surface area (Å²) in [6.07, 6.45) is -3.19. The zero-order valence-corrected chi connectivity index (χ0v) is 6.67. The van der Waals surface area contributed by atoms with Gasteiger partial charge in [-0.15, -0.1) is 0 Å². The van der Waals surface area contributed by atoms with Gasteiger partial charge in [0.1, 0.15) is 0 Å². The molecule has 1 aliphatic rings. The van der Waals surface area contributed by atoms with E-state index in [0.717, 1.165) is 0 Å². The minimum Gasteiger partial charge on any atom is -0.455 e. The zero-order valence-electron chi connectivity index (χ0n) is 6.67. The van der Waals surface area contributed by atoms with Crippen LogP contribution in [-0.2, 0) is 9.53 Å². The summed E-state index contributed by atoms with van der Waals surface area (Å²) in [4.78, 5) is 10.8. The Balaban J connectivity index is 2.70. The number of carbonyl (C=O) groups is 1. The number of aliphatic hydroxyl groups excluding tert-OH is 3. The molecular formula is C7H12O5. The lowest BCUT2D eigenvalue weighted by atomic mass is 9.92. The van der Waals surface area contributed by atoms with Gasteiger partial charge >= 0.3 is 5.97 Å². The number of hydrogen-bond acceptors (Lipinski definition) is 5. The number of esters is 1. The maximum atomic E-state index is 10.8. The first kappa shape index (κ1) is 9.44. The molecule has 4 atom stereocenters. The Morgan fingerprint density at radius 1 is 1.50 bits per heavy atom. The molecule has 5 heteroatoms. The first-order valence-electron chi connectivity index (χ1n) is 3.75. The molecule has 0 aromatic carbocycles. The van der Waals surface area contributed by atoms with E-state index < -0.39 is 36.8 Å². The first-order valence-corrected chi connectivity index (χ1v) is 3.75. The number of aliphatic hydroxyl groups is 3. The molecule has 12 heavy (non-hydrogen) atoms. The van der Waals surface area contributed by atoms with Crippen LogP contribution in [0.4, 0.5) is 0 Å². The molecular weight excluding hydrogens is 164 g/mol. The smallest absolute Gasteiger partial charge is 0.335 e. The van der Waals surface area contributed by atoms with Crippen molar-refractivity contribution in [3.05, 3.63) is 0 Å². The number of hydrogen-bond donors (Lipinski definition) is 3. The van der Waals surface area contributed by atoms with Gasteiger partial charge in [-0.1, -0.05) is 6.92 Å². The maximum Gasteiger partial charge on any atom is 0.335 e. The van der Waals surface area contributed by atoms with Crippen molar-refractivity contribution in [1.82, 2.24) is 0 Å². The van der Waals surface area contributed by atoms with Gasteiger partial charge in [0.2, 0.25) is 0 Å². The molecule has 0 saturated carbocycles. The molecule has 0 spiro atoms. The third-order valence-electron chi connectivity index (χ3n) is 2.11. The SMILES string of the molecule is CC1C(O)C(=O)OC(CO)[C@H]1O. The average molecular weight is 176 g/mol. The Kier molecular flexibility index (Phi) is 2.66. The highest BCUT2D eigenvalue weighted by Gasteiger charge is 2.41. The number of ether oxygens (including phenoxy) is 1. The van der Waals surface area contributed by atoms with Gasteiger partial charge in [-0.2, -0.15) is 0 Å². The largest absolute Gasteiger partial charge is 0.455 e. The van der Waals surface area contributed by atoms with Crippen molar-refractivity contribution in [3.63, 3.8) is 0 Å². The van der Waals surface area contributed by atoms with Crippen LogP contribution in [0.3, 0.4) is 0 Å². The summed E-state index contributed by atoms with van der Waals surface area (Å²) >= 11 is 0. The molecule has 3 N–H and O–H groups in total. The normalized spacial score (nSPS) is 42.5. The Labute approximate surface area is 69.6 Å². The van der Waals surface area contributed by atoms with E-state index in [1.54, 1.807) is 0 Å². The van der Waals surface area contributed by atoms with E-state index in [4.69, 9.17) is 10.2 Å². The van der Waals surface area contributed by atoms with Gasteiger partial charge in [0.25, 0.3) is 0 Å². The molecule has 1 aliphatic heterocycles. The summed E-state index contributed by atoms with van der Waals surface area (Å²) in [6.45, 7) is 1.10. The summed E-state index contributed by atoms with van der Waals surface area (Å²) in [5, 5.41) is 27.1. The summed E-state index contributed by atoms with van der Waals surface area (Å²) in [7, 11) is 0. The van der Waals surface area contributed by atoms with Crippen LogP contribution in [0.15, 0.2) is 0 Å². The van der Waals surface area contributed by atoms with Crippen molar-refractivity contribution in [1.29, 1.82) is 0 Å². The minimum atomic E-state index is -1.29. The van der Waals surface area contributed by atoms with Gasteiger partial charge in [0.05, 0.1) is 12.7 Å². The van der Waals surface area contributed by atoms with Gasteiger partial charge in [-0.25, -0.2) is 4.79 Å². The van der Waals surface area contributed by atoms with Crippen LogP contribution in [0.25, 0.3) is 0 Å². The highest BCUT2D eigenvalue weighted by molar-refractivity contribution is 5.75. The van der Waals surface area contributed by atoms with Gasteiger partial charge < -0.3 is 20.1 Å². The summed E-state index contributed by atoms with van der Waals surface area (Å²) in [5.41, 5.74) is 0. The second-order valence-corrected chi connectivity index (χ2v) is 2.95. The maximum absolute atomic E-state index is 10.8. The van der Waals surface area contributed by atoms with Gasteiger partial charge in [-0.05, 0) is 0 Å². The Morgan fingerprint density at radius 3 is 2.58 bits per heavy atom. The second kappa shape index (κ2) is 3.38. The molecule has 0 aromatic heterocycles. The van der Waals surface area contributed by atoms with Gasteiger partial charge in [-0.3, -0.25) is 0 Å². The van der Waals surface area contributed by atoms with Crippen LogP contribution >= 0.6 is 0 Å². The fourth-order valence-electron chi connectivity index (χ4n) is 1.17. The molecule has 3 unspecified atom stereocenters. The van der Waals surface area contributed by atoms with E-state index in [2.05, 4.69) is 4.74 Å². The van der Waals surface area contributed by atoms with E-state index in [-0.39, 0.29) is 0 Å². The highest BCUT2D eigenvalue weighted by atomic mass is 16.6. The Bertz CT molecular complexity index is 179. The lowest BCUT2D eigenvalue weighted by Gasteiger charge is -2.34. The third-order valence-corrected chi connectivity index (χ3v) is 2.11. The first-order chi connectivity index (χ1) is 5.57. The van der Waals surface area contributed by atoms with E-state index in [9.17, 15) is 9.90 Å². The predicted octanol–water partition coefficient (Wildman–Crippen LogP) is -1.74. The lowest BCUT2D eigenvalue weighted by Crippen LogP contribution is -2.52. The third kappa shape index (κ3) is 1.43. The molecule has 1 rings (SSSR count). The summed E-state index contributed by atoms with van der Waals surface area (Å²) in [6, 6.07) is 0. The predicted molar refractivity (Wildman–Crippen MR) is 38.1 cm³/mol. The van der Waals surface area contributed by atoms with Crippen molar-refractivity contribution in [2.45, 2.75) is 25.2 Å². The summed E-state index contributed by atoms with van der Waals surface area (Å²) < 4.78 is 4.54. The molecule has 5 nitrogen and oxygen atoms in total. The molecule has 1 heterocycles. The van der Waals surface area contributed by atoms with Crippen molar-refractivity contribution in [2.75, 3.05) is 6.61 Å². The van der Waals surface area contributed by atoms with Crippen molar-refractivity contribution >= 4 is 5.97 Å². The van der Waals surface area contributed by atoms with Crippen LogP contribution in [-0.4, -0.2) is 46.2 Å². The minimum absolute atomic E-state index is 0.427. The topological polar surface area (TPSA) is 87.0 Å². The van der Waals surface area contributed by atoms with Crippen LogP contribution in [0.5, 0.6) is 0 Å². The fraction of sp³-hybridized carbons (Fsp3) is 0.857. The van der Waals surface area contributed by atoms with Crippen molar-refractivity contribution in [2.24, 2.45) is 5.92 Å². The van der Waals surface area contributed by atoms with E-state index in [1.807, 2.05) is 0 Å². The van der Waals surface area contributed by atoms with Crippen LogP contribution in [0, 0.1) is 5.92 Å². The summed E-state index contributed by atoms with van der Waals surface area (Å²) in [5.74, 6) is -1.38. The van der Waals surface area contributed by atoms with Crippen molar-refractivity contribution in [3.8, 4) is 0 Å². The molecule has 0 aliphatic carbocycles. The Morgan fingerprint density at radius 2 is 2.08 bits per heavy atom. The van der Waals surface area contributed by atoms with Crippen LogP contribution in [0.1, 0.15) is 6.92 Å². The highest BCUT2D eigenvalue weighted by Crippen LogP contribution is 2.21. The number of rotatable bonds is 1. The van der Waals surface area contributed by atoms with E-state index in [0.29, 0.717) is 0 Å². The second-order valence-electron chi connectivity index (χ2n) is 2.95. The monoisotopic (exact) mass is 176 g/mol. The zero-order chi connectivity index (χ0) is 9.30. The van der Waals surface area contributed by atoms with Crippen LogP contribution < -0.4 is 0 Å². The molecule has 70 valence electrons. The van der Waals surface area contributed by atoms with E-state index >= 15 is 0 Å². The molecule has 0 amide bonds.